The summed E-state index contributed by atoms with van der Waals surface area (Å²) in [6.45, 7) is 5.08. The minimum Gasteiger partial charge on any atom is -0.497 e. The molecule has 0 fully saturated rings. The lowest BCUT2D eigenvalue weighted by molar-refractivity contribution is -0.139. The number of nitrogens with one attached hydrogen (secondary N) is 1. The van der Waals surface area contributed by atoms with Crippen molar-refractivity contribution >= 4 is 43.5 Å². The lowest BCUT2D eigenvalue weighted by Gasteiger charge is -2.32. The van der Waals surface area contributed by atoms with E-state index in [0.717, 1.165) is 20.8 Å². The molecule has 0 spiro atoms. The quantitative estimate of drug-likeness (QED) is 0.310. The Hall–Kier alpha value is -3.37. The van der Waals surface area contributed by atoms with Crippen LogP contribution in [0.25, 0.3) is 0 Å². The van der Waals surface area contributed by atoms with Crippen molar-refractivity contribution in [3.8, 4) is 5.75 Å². The van der Waals surface area contributed by atoms with Crippen LogP contribution in [0.5, 0.6) is 5.75 Å². The van der Waals surface area contributed by atoms with Crippen molar-refractivity contribution < 1.29 is 22.7 Å². The highest BCUT2D eigenvalue weighted by molar-refractivity contribution is 9.10. The van der Waals surface area contributed by atoms with Gasteiger partial charge in [0.05, 0.1) is 17.7 Å². The number of anilines is 1. The Labute approximate surface area is 239 Å². The highest BCUT2D eigenvalue weighted by atomic mass is 79.9. The van der Waals surface area contributed by atoms with Gasteiger partial charge in [-0.2, -0.15) is 0 Å². The summed E-state index contributed by atoms with van der Waals surface area (Å²) < 4.78 is 34.7. The van der Waals surface area contributed by atoms with E-state index in [1.54, 1.807) is 74.7 Å². The van der Waals surface area contributed by atoms with E-state index in [2.05, 4.69) is 21.2 Å². The van der Waals surface area contributed by atoms with Crippen molar-refractivity contribution in [1.82, 2.24) is 10.2 Å². The van der Waals surface area contributed by atoms with Crippen molar-refractivity contribution in [2.75, 3.05) is 18.0 Å². The molecule has 0 unspecified atom stereocenters. The molecule has 0 aliphatic carbocycles. The van der Waals surface area contributed by atoms with Gasteiger partial charge in [0.25, 0.3) is 10.0 Å². The number of amides is 2. The maximum atomic E-state index is 13.9. The summed E-state index contributed by atoms with van der Waals surface area (Å²) in [5.74, 6) is -0.228. The highest BCUT2D eigenvalue weighted by Crippen LogP contribution is 2.26. The molecule has 10 heteroatoms. The van der Waals surface area contributed by atoms with E-state index in [4.69, 9.17) is 4.74 Å². The van der Waals surface area contributed by atoms with Crippen LogP contribution in [0.3, 0.4) is 0 Å². The van der Waals surface area contributed by atoms with Gasteiger partial charge in [0.15, 0.2) is 0 Å². The molecule has 3 aromatic carbocycles. The van der Waals surface area contributed by atoms with Crippen LogP contribution in [0.15, 0.2) is 88.2 Å². The fourth-order valence-electron chi connectivity index (χ4n) is 3.87. The summed E-state index contributed by atoms with van der Waals surface area (Å²) in [6.07, 6.45) is 0.731. The molecule has 0 saturated carbocycles. The molecule has 1 N–H and O–H groups in total. The molecule has 2 atom stereocenters. The number of ether oxygens (including phenoxy) is 1. The van der Waals surface area contributed by atoms with Gasteiger partial charge in [-0.3, -0.25) is 13.9 Å². The second-order valence-corrected chi connectivity index (χ2v) is 11.9. The zero-order chi connectivity index (χ0) is 28.6. The van der Waals surface area contributed by atoms with E-state index in [1.807, 2.05) is 19.9 Å². The number of carbonyl (C=O) groups is 2. The van der Waals surface area contributed by atoms with Gasteiger partial charge in [0, 0.05) is 17.1 Å². The SMILES string of the molecule is CC[C@@H](C)NC(=O)[C@@H](C)N(Cc1cccc(OC)c1)C(=O)CN(c1ccc(Br)cc1)S(=O)(=O)c1ccccc1. The molecule has 0 heterocycles. The molecule has 3 rings (SSSR count). The van der Waals surface area contributed by atoms with Gasteiger partial charge in [-0.25, -0.2) is 8.42 Å². The number of halogens is 1. The standard InChI is InChI=1S/C29H34BrN3O5S/c1-5-21(2)31-29(35)22(3)32(19-23-10-9-11-26(18-23)38-4)28(34)20-33(25-16-14-24(30)15-17-25)39(36,37)27-12-7-6-8-13-27/h6-18,21-22H,5,19-20H2,1-4H3,(H,31,35)/t21-,22-/m1/s1. The third-order valence-corrected chi connectivity index (χ3v) is 8.70. The van der Waals surface area contributed by atoms with Crippen LogP contribution in [-0.2, 0) is 26.2 Å². The predicted molar refractivity (Wildman–Crippen MR) is 156 cm³/mol. The van der Waals surface area contributed by atoms with Crippen LogP contribution in [0.1, 0.15) is 32.8 Å². The molecule has 2 amide bonds. The van der Waals surface area contributed by atoms with E-state index in [0.29, 0.717) is 11.4 Å². The van der Waals surface area contributed by atoms with Crippen LogP contribution in [0, 0.1) is 0 Å². The van der Waals surface area contributed by atoms with Crippen LogP contribution < -0.4 is 14.4 Å². The lowest BCUT2D eigenvalue weighted by atomic mass is 10.1. The third-order valence-electron chi connectivity index (χ3n) is 6.38. The summed E-state index contributed by atoms with van der Waals surface area (Å²) in [6, 6.07) is 20.9. The van der Waals surface area contributed by atoms with Gasteiger partial charge in [-0.1, -0.05) is 53.2 Å². The maximum Gasteiger partial charge on any atom is 0.264 e. The second kappa shape index (κ2) is 13.6. The Kier molecular flexibility index (Phi) is 10.5. The normalized spacial score (nSPS) is 12.7. The summed E-state index contributed by atoms with van der Waals surface area (Å²) in [5.41, 5.74) is 1.07. The Morgan fingerprint density at radius 2 is 1.64 bits per heavy atom. The van der Waals surface area contributed by atoms with Gasteiger partial charge in [0.1, 0.15) is 18.3 Å². The number of carbonyl (C=O) groups excluding carboxylic acids is 2. The van der Waals surface area contributed by atoms with Crippen LogP contribution >= 0.6 is 15.9 Å². The molecule has 8 nitrogen and oxygen atoms in total. The molecule has 39 heavy (non-hydrogen) atoms. The summed E-state index contributed by atoms with van der Waals surface area (Å²) >= 11 is 3.38. The van der Waals surface area contributed by atoms with Crippen LogP contribution in [-0.4, -0.2) is 50.9 Å². The van der Waals surface area contributed by atoms with E-state index >= 15 is 0 Å². The molecular formula is C29H34BrN3O5S. The molecule has 0 aromatic heterocycles. The average Bonchev–Trinajstić information content (AvgIpc) is 2.95. The molecule has 0 bridgehead atoms. The second-order valence-electron chi connectivity index (χ2n) is 9.17. The number of nitrogens with zero attached hydrogens (tertiary/aromatic N) is 2. The van der Waals surface area contributed by atoms with Crippen LogP contribution in [0.2, 0.25) is 0 Å². The van der Waals surface area contributed by atoms with Crippen LogP contribution in [0.4, 0.5) is 5.69 Å². The number of rotatable bonds is 12. The fraction of sp³-hybridized carbons (Fsp3) is 0.310. The lowest BCUT2D eigenvalue weighted by Crippen LogP contribution is -2.52. The zero-order valence-electron chi connectivity index (χ0n) is 22.5. The molecular weight excluding hydrogens is 582 g/mol. The minimum atomic E-state index is -4.10. The topological polar surface area (TPSA) is 96.0 Å². The summed E-state index contributed by atoms with van der Waals surface area (Å²) in [7, 11) is -2.55. The Balaban J connectivity index is 2.01. The van der Waals surface area contributed by atoms with Gasteiger partial charge < -0.3 is 15.0 Å². The first-order valence-electron chi connectivity index (χ1n) is 12.6. The van der Waals surface area contributed by atoms with Crippen molar-refractivity contribution in [2.45, 2.75) is 50.7 Å². The minimum absolute atomic E-state index is 0.0580. The third kappa shape index (κ3) is 7.83. The van der Waals surface area contributed by atoms with E-state index in [1.165, 1.54) is 17.0 Å². The van der Waals surface area contributed by atoms with Crippen molar-refractivity contribution in [2.24, 2.45) is 0 Å². The number of sulfonamides is 1. The van der Waals surface area contributed by atoms with E-state index in [-0.39, 0.29) is 23.4 Å². The smallest absolute Gasteiger partial charge is 0.264 e. The predicted octanol–water partition coefficient (Wildman–Crippen LogP) is 4.99. The fourth-order valence-corrected chi connectivity index (χ4v) is 5.57. The summed E-state index contributed by atoms with van der Waals surface area (Å²) in [4.78, 5) is 28.5. The number of benzene rings is 3. The molecule has 0 aliphatic rings. The first kappa shape index (κ1) is 30.2. The summed E-state index contributed by atoms with van der Waals surface area (Å²) in [5, 5.41) is 2.93. The highest BCUT2D eigenvalue weighted by Gasteiger charge is 2.32. The molecule has 0 aliphatic heterocycles. The Morgan fingerprint density at radius 3 is 2.26 bits per heavy atom. The first-order valence-corrected chi connectivity index (χ1v) is 14.9. The molecule has 0 saturated heterocycles. The average molecular weight is 617 g/mol. The zero-order valence-corrected chi connectivity index (χ0v) is 24.9. The van der Waals surface area contributed by atoms with E-state index in [9.17, 15) is 18.0 Å². The number of methoxy groups -OCH3 is 1. The van der Waals surface area contributed by atoms with Crippen molar-refractivity contribution in [1.29, 1.82) is 0 Å². The Morgan fingerprint density at radius 1 is 0.974 bits per heavy atom. The largest absolute Gasteiger partial charge is 0.497 e. The molecule has 3 aromatic rings. The maximum absolute atomic E-state index is 13.9. The molecule has 208 valence electrons. The van der Waals surface area contributed by atoms with Crippen molar-refractivity contribution in [3.63, 3.8) is 0 Å². The monoisotopic (exact) mass is 615 g/mol. The number of hydrogen-bond acceptors (Lipinski definition) is 5. The first-order chi connectivity index (χ1) is 18.6. The van der Waals surface area contributed by atoms with Gasteiger partial charge in [0.2, 0.25) is 11.8 Å². The van der Waals surface area contributed by atoms with Crippen molar-refractivity contribution in [3.05, 3.63) is 88.9 Å². The van der Waals surface area contributed by atoms with Gasteiger partial charge in [-0.05, 0) is 74.4 Å². The van der Waals surface area contributed by atoms with E-state index < -0.39 is 28.5 Å². The molecule has 0 radical (unpaired) electrons. The van der Waals surface area contributed by atoms with Gasteiger partial charge in [-0.15, -0.1) is 0 Å². The Bertz CT molecular complexity index is 1370. The van der Waals surface area contributed by atoms with Gasteiger partial charge >= 0.3 is 0 Å². The number of hydrogen-bond donors (Lipinski definition) is 1.